The maximum Gasteiger partial charge on any atom is 0.122 e. The van der Waals surface area contributed by atoms with Crippen LogP contribution in [0, 0.1) is 5.92 Å². The number of ether oxygens (including phenoxy) is 1. The lowest BCUT2D eigenvalue weighted by Crippen LogP contribution is -2.27. The Kier molecular flexibility index (Phi) is 5.99. The second kappa shape index (κ2) is 7.27. The Morgan fingerprint density at radius 1 is 1.33 bits per heavy atom. The number of rotatable bonds is 7. The molecule has 1 atom stereocenters. The summed E-state index contributed by atoms with van der Waals surface area (Å²) < 4.78 is 5.34. The van der Waals surface area contributed by atoms with Gasteiger partial charge in [0.2, 0.25) is 0 Å². The first-order valence-electron chi connectivity index (χ1n) is 6.65. The molecule has 0 aliphatic heterocycles. The Morgan fingerprint density at radius 2 is 2.06 bits per heavy atom. The summed E-state index contributed by atoms with van der Waals surface area (Å²) in [6, 6.07) is 6.26. The van der Waals surface area contributed by atoms with Gasteiger partial charge in [0, 0.05) is 25.9 Å². The molecule has 102 valence electrons. The summed E-state index contributed by atoms with van der Waals surface area (Å²) in [6.45, 7) is 5.37. The molecule has 1 unspecified atom stereocenters. The Bertz CT molecular complexity index is 362. The highest BCUT2D eigenvalue weighted by Gasteiger charge is 2.11. The Morgan fingerprint density at radius 3 is 2.56 bits per heavy atom. The van der Waals surface area contributed by atoms with Crippen LogP contribution in [-0.2, 0) is 6.42 Å². The fourth-order valence-electron chi connectivity index (χ4n) is 2.09. The van der Waals surface area contributed by atoms with E-state index in [-0.39, 0.29) is 6.61 Å². The molecule has 0 amide bonds. The van der Waals surface area contributed by atoms with E-state index in [4.69, 9.17) is 4.74 Å². The first-order chi connectivity index (χ1) is 8.65. The highest BCUT2D eigenvalue weighted by molar-refractivity contribution is 5.52. The lowest BCUT2D eigenvalue weighted by Gasteiger charge is -2.24. The molecular formula is C15H25NO2. The third-order valence-electron chi connectivity index (χ3n) is 3.45. The standard InChI is InChI=1S/C15H25NO2/c1-5-12(11-17)10-16(3)14-7-8-15(18-4)13(6-2)9-14/h7-9,12,17H,5-6,10-11H2,1-4H3. The van der Waals surface area contributed by atoms with Gasteiger partial charge < -0.3 is 14.7 Å². The average Bonchev–Trinajstić information content (AvgIpc) is 2.43. The maximum atomic E-state index is 9.26. The topological polar surface area (TPSA) is 32.7 Å². The molecule has 0 aromatic heterocycles. The SMILES string of the molecule is CCc1cc(N(C)CC(CC)CO)ccc1OC. The zero-order valence-electron chi connectivity index (χ0n) is 11.9. The predicted molar refractivity (Wildman–Crippen MR) is 76.5 cm³/mol. The smallest absolute Gasteiger partial charge is 0.122 e. The van der Waals surface area contributed by atoms with Gasteiger partial charge in [-0.3, -0.25) is 0 Å². The molecule has 0 aliphatic carbocycles. The second-order valence-electron chi connectivity index (χ2n) is 4.69. The quantitative estimate of drug-likeness (QED) is 0.809. The van der Waals surface area contributed by atoms with Crippen LogP contribution in [0.5, 0.6) is 5.75 Å². The van der Waals surface area contributed by atoms with Gasteiger partial charge in [0.1, 0.15) is 5.75 Å². The van der Waals surface area contributed by atoms with Crippen molar-refractivity contribution in [3.8, 4) is 5.75 Å². The zero-order valence-corrected chi connectivity index (χ0v) is 11.9. The molecule has 0 aliphatic rings. The number of anilines is 1. The highest BCUT2D eigenvalue weighted by Crippen LogP contribution is 2.25. The van der Waals surface area contributed by atoms with Crippen molar-refractivity contribution in [3.05, 3.63) is 23.8 Å². The van der Waals surface area contributed by atoms with Crippen LogP contribution in [0.4, 0.5) is 5.69 Å². The number of aliphatic hydroxyl groups is 1. The van der Waals surface area contributed by atoms with Crippen LogP contribution < -0.4 is 9.64 Å². The first-order valence-corrected chi connectivity index (χ1v) is 6.65. The summed E-state index contributed by atoms with van der Waals surface area (Å²) in [6.07, 6.45) is 1.96. The molecule has 18 heavy (non-hydrogen) atoms. The van der Waals surface area contributed by atoms with Gasteiger partial charge in [0.25, 0.3) is 0 Å². The predicted octanol–water partition coefficient (Wildman–Crippen LogP) is 2.71. The van der Waals surface area contributed by atoms with Gasteiger partial charge in [-0.05, 0) is 42.5 Å². The van der Waals surface area contributed by atoms with Gasteiger partial charge in [-0.1, -0.05) is 13.8 Å². The number of benzene rings is 1. The van der Waals surface area contributed by atoms with Crippen molar-refractivity contribution in [2.45, 2.75) is 26.7 Å². The molecule has 0 fully saturated rings. The maximum absolute atomic E-state index is 9.26. The summed E-state index contributed by atoms with van der Waals surface area (Å²) in [7, 11) is 3.77. The number of nitrogens with zero attached hydrogens (tertiary/aromatic N) is 1. The van der Waals surface area contributed by atoms with Crippen molar-refractivity contribution in [2.75, 3.05) is 32.2 Å². The van der Waals surface area contributed by atoms with Gasteiger partial charge in [-0.25, -0.2) is 0 Å². The monoisotopic (exact) mass is 251 g/mol. The number of hydrogen-bond donors (Lipinski definition) is 1. The van der Waals surface area contributed by atoms with Gasteiger partial charge in [0.15, 0.2) is 0 Å². The summed E-state index contributed by atoms with van der Waals surface area (Å²) in [5.74, 6) is 1.28. The van der Waals surface area contributed by atoms with Crippen LogP contribution >= 0.6 is 0 Å². The number of aryl methyl sites for hydroxylation is 1. The zero-order chi connectivity index (χ0) is 13.5. The van der Waals surface area contributed by atoms with E-state index in [1.54, 1.807) is 7.11 Å². The molecule has 3 heteroatoms. The highest BCUT2D eigenvalue weighted by atomic mass is 16.5. The normalized spacial score (nSPS) is 12.3. The number of methoxy groups -OCH3 is 1. The van der Waals surface area contributed by atoms with Gasteiger partial charge in [-0.15, -0.1) is 0 Å². The number of hydrogen-bond acceptors (Lipinski definition) is 3. The van der Waals surface area contributed by atoms with E-state index >= 15 is 0 Å². The van der Waals surface area contributed by atoms with Crippen LogP contribution in [0.15, 0.2) is 18.2 Å². The Balaban J connectivity index is 2.82. The van der Waals surface area contributed by atoms with E-state index in [1.807, 2.05) is 6.07 Å². The van der Waals surface area contributed by atoms with E-state index in [0.717, 1.165) is 25.1 Å². The summed E-state index contributed by atoms with van der Waals surface area (Å²) in [5.41, 5.74) is 2.40. The van der Waals surface area contributed by atoms with E-state index in [9.17, 15) is 5.11 Å². The van der Waals surface area contributed by atoms with Crippen LogP contribution in [0.3, 0.4) is 0 Å². The summed E-state index contributed by atoms with van der Waals surface area (Å²) >= 11 is 0. The minimum atomic E-state index is 0.248. The molecule has 1 rings (SSSR count). The van der Waals surface area contributed by atoms with Gasteiger partial charge >= 0.3 is 0 Å². The molecule has 0 heterocycles. The second-order valence-corrected chi connectivity index (χ2v) is 4.69. The first kappa shape index (κ1) is 14.8. The van der Waals surface area contributed by atoms with Crippen molar-refractivity contribution in [1.82, 2.24) is 0 Å². The van der Waals surface area contributed by atoms with Crippen LogP contribution in [0.25, 0.3) is 0 Å². The third kappa shape index (κ3) is 3.64. The molecule has 0 saturated heterocycles. The van der Waals surface area contributed by atoms with Crippen molar-refractivity contribution >= 4 is 5.69 Å². The van der Waals surface area contributed by atoms with Crippen LogP contribution in [0.1, 0.15) is 25.8 Å². The average molecular weight is 251 g/mol. The molecular weight excluding hydrogens is 226 g/mol. The molecule has 0 spiro atoms. The minimum absolute atomic E-state index is 0.248. The lowest BCUT2D eigenvalue weighted by molar-refractivity contribution is 0.225. The largest absolute Gasteiger partial charge is 0.496 e. The van der Waals surface area contributed by atoms with Crippen molar-refractivity contribution in [2.24, 2.45) is 5.92 Å². The fraction of sp³-hybridized carbons (Fsp3) is 0.600. The molecule has 1 aromatic rings. The van der Waals surface area contributed by atoms with Crippen LogP contribution in [0.2, 0.25) is 0 Å². The fourth-order valence-corrected chi connectivity index (χ4v) is 2.09. The van der Waals surface area contributed by atoms with E-state index in [1.165, 1.54) is 11.3 Å². The Labute approximate surface area is 110 Å². The summed E-state index contributed by atoms with van der Waals surface area (Å²) in [5, 5.41) is 9.26. The lowest BCUT2D eigenvalue weighted by atomic mass is 10.1. The molecule has 1 N–H and O–H groups in total. The molecule has 0 bridgehead atoms. The van der Waals surface area contributed by atoms with Gasteiger partial charge in [-0.2, -0.15) is 0 Å². The van der Waals surface area contributed by atoms with Crippen molar-refractivity contribution < 1.29 is 9.84 Å². The van der Waals surface area contributed by atoms with E-state index in [0.29, 0.717) is 5.92 Å². The molecule has 3 nitrogen and oxygen atoms in total. The van der Waals surface area contributed by atoms with Crippen molar-refractivity contribution in [3.63, 3.8) is 0 Å². The minimum Gasteiger partial charge on any atom is -0.496 e. The van der Waals surface area contributed by atoms with Crippen LogP contribution in [-0.4, -0.2) is 32.4 Å². The van der Waals surface area contributed by atoms with E-state index < -0.39 is 0 Å². The molecule has 0 saturated carbocycles. The van der Waals surface area contributed by atoms with Gasteiger partial charge in [0.05, 0.1) is 7.11 Å². The number of aliphatic hydroxyl groups excluding tert-OH is 1. The van der Waals surface area contributed by atoms with Crippen molar-refractivity contribution in [1.29, 1.82) is 0 Å². The summed E-state index contributed by atoms with van der Waals surface area (Å²) in [4.78, 5) is 2.20. The molecule has 0 radical (unpaired) electrons. The third-order valence-corrected chi connectivity index (χ3v) is 3.45. The molecule has 1 aromatic carbocycles. The van der Waals surface area contributed by atoms with E-state index in [2.05, 4.69) is 37.9 Å². The Hall–Kier alpha value is -1.22.